The van der Waals surface area contributed by atoms with Gasteiger partial charge in [0.2, 0.25) is 0 Å². The smallest absolute Gasteiger partial charge is 0.340 e. The highest BCUT2D eigenvalue weighted by atomic mass is 35.5. The van der Waals surface area contributed by atoms with E-state index >= 15 is 0 Å². The lowest BCUT2D eigenvalue weighted by Gasteiger charge is -2.23. The Kier molecular flexibility index (Phi) is 9.04. The van der Waals surface area contributed by atoms with Gasteiger partial charge < -0.3 is 14.8 Å². The summed E-state index contributed by atoms with van der Waals surface area (Å²) >= 11 is 6.07. The van der Waals surface area contributed by atoms with Crippen LogP contribution < -0.4 is 9.62 Å². The Morgan fingerprint density at radius 2 is 1.90 bits per heavy atom. The van der Waals surface area contributed by atoms with E-state index in [1.165, 1.54) is 25.3 Å². The van der Waals surface area contributed by atoms with Gasteiger partial charge in [-0.2, -0.15) is 0 Å². The molecule has 31 heavy (non-hydrogen) atoms. The summed E-state index contributed by atoms with van der Waals surface area (Å²) in [7, 11) is -2.54. The van der Waals surface area contributed by atoms with Crippen molar-refractivity contribution in [3.63, 3.8) is 0 Å². The molecule has 2 aromatic carbocycles. The second kappa shape index (κ2) is 11.5. The maximum absolute atomic E-state index is 13.2. The molecule has 0 atom stereocenters. The maximum atomic E-state index is 13.2. The first-order chi connectivity index (χ1) is 14.8. The molecular formula is C21H23ClN2O6S. The molecule has 1 amide bonds. The summed E-state index contributed by atoms with van der Waals surface area (Å²) in [6.45, 7) is 3.68. The van der Waals surface area contributed by atoms with Crippen molar-refractivity contribution in [1.82, 2.24) is 5.32 Å². The highest BCUT2D eigenvalue weighted by molar-refractivity contribution is 7.92. The molecule has 1 N–H and O–H groups in total. The molecule has 0 unspecified atom stereocenters. The van der Waals surface area contributed by atoms with Gasteiger partial charge in [0.25, 0.3) is 15.9 Å². The number of hydrogen-bond donors (Lipinski definition) is 1. The van der Waals surface area contributed by atoms with Crippen molar-refractivity contribution in [1.29, 1.82) is 0 Å². The number of rotatable bonds is 11. The molecule has 0 aliphatic rings. The maximum Gasteiger partial charge on any atom is 0.340 e. The zero-order chi connectivity index (χ0) is 22.9. The molecule has 0 aliphatic carbocycles. The van der Waals surface area contributed by atoms with E-state index in [9.17, 15) is 18.0 Å². The Balaban J connectivity index is 2.25. The molecule has 166 valence electrons. The lowest BCUT2D eigenvalue weighted by atomic mass is 10.2. The molecule has 0 spiro atoms. The summed E-state index contributed by atoms with van der Waals surface area (Å²) in [5, 5.41) is 2.50. The van der Waals surface area contributed by atoms with Gasteiger partial charge in [-0.1, -0.05) is 35.9 Å². The zero-order valence-corrected chi connectivity index (χ0v) is 18.5. The van der Waals surface area contributed by atoms with Gasteiger partial charge in [-0.25, -0.2) is 13.2 Å². The number of hydrogen-bond acceptors (Lipinski definition) is 6. The van der Waals surface area contributed by atoms with E-state index in [0.717, 1.165) is 10.4 Å². The number of para-hydroxylation sites is 1. The van der Waals surface area contributed by atoms with Crippen molar-refractivity contribution in [3.05, 3.63) is 71.8 Å². The minimum Gasteiger partial charge on any atom is -0.452 e. The third kappa shape index (κ3) is 6.55. The lowest BCUT2D eigenvalue weighted by molar-refractivity contribution is -0.124. The first kappa shape index (κ1) is 24.4. The fourth-order valence-electron chi connectivity index (χ4n) is 2.55. The van der Waals surface area contributed by atoms with Crippen molar-refractivity contribution in [2.24, 2.45) is 0 Å². The van der Waals surface area contributed by atoms with Crippen LogP contribution in [0.5, 0.6) is 0 Å². The van der Waals surface area contributed by atoms with Crippen molar-refractivity contribution in [3.8, 4) is 0 Å². The highest BCUT2D eigenvalue weighted by Crippen LogP contribution is 2.27. The summed E-state index contributed by atoms with van der Waals surface area (Å²) in [6.07, 6.45) is 1.46. The molecule has 0 fully saturated rings. The average molecular weight is 467 g/mol. The fraction of sp³-hybridized carbons (Fsp3) is 0.238. The van der Waals surface area contributed by atoms with E-state index in [2.05, 4.69) is 11.9 Å². The van der Waals surface area contributed by atoms with Crippen molar-refractivity contribution in [2.45, 2.75) is 4.90 Å². The lowest BCUT2D eigenvalue weighted by Crippen LogP contribution is -2.32. The fourth-order valence-corrected chi connectivity index (χ4v) is 4.21. The number of carbonyl (C=O) groups is 2. The predicted octanol–water partition coefficient (Wildman–Crippen LogP) is 2.64. The molecule has 10 heteroatoms. The number of methoxy groups -OCH3 is 1. The quantitative estimate of drug-likeness (QED) is 0.310. The number of ether oxygens (including phenoxy) is 2. The first-order valence-electron chi connectivity index (χ1n) is 9.22. The first-order valence-corrected chi connectivity index (χ1v) is 11.0. The second-order valence-electron chi connectivity index (χ2n) is 6.22. The molecule has 2 rings (SSSR count). The number of nitrogens with zero attached hydrogens (tertiary/aromatic N) is 1. The van der Waals surface area contributed by atoms with Crippen LogP contribution in [0.2, 0.25) is 5.02 Å². The Bertz CT molecular complexity index is 1030. The standard InChI is InChI=1S/C21H23ClN2O6S/c1-3-12-24(16-7-5-4-6-8-16)31(27,28)17-9-10-19(22)18(14-17)21(26)30-15-20(25)23-11-13-29-2/h3-10,14H,1,11-13,15H2,2H3,(H,23,25). The molecule has 0 radical (unpaired) electrons. The van der Waals surface area contributed by atoms with Crippen molar-refractivity contribution in [2.75, 3.05) is 37.7 Å². The summed E-state index contributed by atoms with van der Waals surface area (Å²) in [5.74, 6) is -1.44. The van der Waals surface area contributed by atoms with Gasteiger partial charge in [-0.05, 0) is 30.3 Å². The van der Waals surface area contributed by atoms with Gasteiger partial charge in [-0.3, -0.25) is 9.10 Å². The topological polar surface area (TPSA) is 102 Å². The molecule has 0 aliphatic heterocycles. The molecule has 0 heterocycles. The molecular weight excluding hydrogens is 444 g/mol. The van der Waals surface area contributed by atoms with E-state index in [1.807, 2.05) is 0 Å². The van der Waals surface area contributed by atoms with Crippen LogP contribution in [0.1, 0.15) is 10.4 Å². The van der Waals surface area contributed by atoms with Crippen LogP contribution >= 0.6 is 11.6 Å². The SMILES string of the molecule is C=CCN(c1ccccc1)S(=O)(=O)c1ccc(Cl)c(C(=O)OCC(=O)NCCOC)c1. The molecule has 8 nitrogen and oxygen atoms in total. The molecule has 0 saturated heterocycles. The highest BCUT2D eigenvalue weighted by Gasteiger charge is 2.26. The van der Waals surface area contributed by atoms with E-state index in [1.54, 1.807) is 30.3 Å². The monoisotopic (exact) mass is 466 g/mol. The number of esters is 1. The third-order valence-electron chi connectivity index (χ3n) is 4.05. The third-order valence-corrected chi connectivity index (χ3v) is 6.17. The van der Waals surface area contributed by atoms with Crippen molar-refractivity contribution < 1.29 is 27.5 Å². The van der Waals surface area contributed by atoms with Crippen LogP contribution in [0.4, 0.5) is 5.69 Å². The van der Waals surface area contributed by atoms with Crippen LogP contribution in [0, 0.1) is 0 Å². The number of amides is 1. The Morgan fingerprint density at radius 1 is 1.19 bits per heavy atom. The van der Waals surface area contributed by atoms with Gasteiger partial charge in [0, 0.05) is 13.7 Å². The van der Waals surface area contributed by atoms with Crippen molar-refractivity contribution >= 4 is 39.2 Å². The Labute approximate surface area is 186 Å². The molecule has 0 saturated carbocycles. The van der Waals surface area contributed by atoms with E-state index < -0.39 is 28.5 Å². The average Bonchev–Trinajstić information content (AvgIpc) is 2.76. The molecule has 0 bridgehead atoms. The van der Waals surface area contributed by atoms with Gasteiger partial charge >= 0.3 is 5.97 Å². The number of sulfonamides is 1. The summed E-state index contributed by atoms with van der Waals surface area (Å²) in [6, 6.07) is 12.2. The minimum atomic E-state index is -4.03. The summed E-state index contributed by atoms with van der Waals surface area (Å²) in [4.78, 5) is 23.9. The van der Waals surface area contributed by atoms with E-state index in [0.29, 0.717) is 12.3 Å². The minimum absolute atomic E-state index is 0.00118. The van der Waals surface area contributed by atoms with Crippen LogP contribution in [0.15, 0.2) is 66.1 Å². The van der Waals surface area contributed by atoms with Crippen LogP contribution in [-0.2, 0) is 24.3 Å². The van der Waals surface area contributed by atoms with Gasteiger partial charge in [0.05, 0.1) is 34.3 Å². The van der Waals surface area contributed by atoms with Crippen LogP contribution in [-0.4, -0.2) is 53.7 Å². The number of anilines is 1. The van der Waals surface area contributed by atoms with E-state index in [4.69, 9.17) is 21.1 Å². The van der Waals surface area contributed by atoms with Gasteiger partial charge in [0.15, 0.2) is 6.61 Å². The molecule has 2 aromatic rings. The molecule has 0 aromatic heterocycles. The zero-order valence-electron chi connectivity index (χ0n) is 16.9. The Hall–Kier alpha value is -2.88. The van der Waals surface area contributed by atoms with Gasteiger partial charge in [0.1, 0.15) is 0 Å². The predicted molar refractivity (Wildman–Crippen MR) is 118 cm³/mol. The number of carbonyl (C=O) groups excluding carboxylic acids is 2. The summed E-state index contributed by atoms with van der Waals surface area (Å²) < 4.78 is 37.4. The number of benzene rings is 2. The number of nitrogens with one attached hydrogen (secondary N) is 1. The van der Waals surface area contributed by atoms with Crippen LogP contribution in [0.3, 0.4) is 0 Å². The summed E-state index contributed by atoms with van der Waals surface area (Å²) in [5.41, 5.74) is 0.272. The normalized spacial score (nSPS) is 10.9. The number of halogens is 1. The second-order valence-corrected chi connectivity index (χ2v) is 8.49. The van der Waals surface area contributed by atoms with Crippen LogP contribution in [0.25, 0.3) is 0 Å². The van der Waals surface area contributed by atoms with E-state index in [-0.39, 0.29) is 28.6 Å². The van der Waals surface area contributed by atoms with Gasteiger partial charge in [-0.15, -0.1) is 6.58 Å². The largest absolute Gasteiger partial charge is 0.452 e. The Morgan fingerprint density at radius 3 is 2.55 bits per heavy atom.